The van der Waals surface area contributed by atoms with E-state index in [-0.39, 0.29) is 18.6 Å². The average molecular weight is 399 g/mol. The summed E-state index contributed by atoms with van der Waals surface area (Å²) in [4.78, 5) is 32.0. The maximum absolute atomic E-state index is 12.9. The average Bonchev–Trinajstić information content (AvgIpc) is 3.32. The lowest BCUT2D eigenvalue weighted by Crippen LogP contribution is -2.33. The molecule has 1 aromatic heterocycles. The van der Waals surface area contributed by atoms with Crippen LogP contribution < -0.4 is 20.1 Å². The van der Waals surface area contributed by atoms with E-state index in [0.717, 1.165) is 31.5 Å². The van der Waals surface area contributed by atoms with Crippen LogP contribution in [0.25, 0.3) is 0 Å². The Hall–Kier alpha value is -3.07. The Kier molecular flexibility index (Phi) is 5.39. The van der Waals surface area contributed by atoms with Gasteiger partial charge in [0.25, 0.3) is 11.8 Å². The molecule has 0 aliphatic carbocycles. The second-order valence-corrected chi connectivity index (χ2v) is 7.42. The smallest absolute Gasteiger partial charge is 0.287 e. The molecule has 0 unspecified atom stereocenters. The first-order valence-corrected chi connectivity index (χ1v) is 9.76. The molecule has 9 heteroatoms. The van der Waals surface area contributed by atoms with Gasteiger partial charge in [-0.05, 0) is 45.5 Å². The van der Waals surface area contributed by atoms with Crippen LogP contribution >= 0.6 is 0 Å². The zero-order valence-electron chi connectivity index (χ0n) is 16.7. The molecule has 2 aromatic rings. The number of amides is 2. The molecule has 1 aromatic carbocycles. The summed E-state index contributed by atoms with van der Waals surface area (Å²) in [6.07, 6.45) is 2.66. The third kappa shape index (κ3) is 4.04. The molecule has 0 bridgehead atoms. The maximum Gasteiger partial charge on any atom is 0.287 e. The Labute approximate surface area is 169 Å². The summed E-state index contributed by atoms with van der Waals surface area (Å²) in [6.45, 7) is 2.12. The van der Waals surface area contributed by atoms with Gasteiger partial charge in [-0.3, -0.25) is 9.59 Å². The molecule has 2 N–H and O–H groups in total. The van der Waals surface area contributed by atoms with Gasteiger partial charge in [-0.2, -0.15) is 0 Å². The number of anilines is 1. The van der Waals surface area contributed by atoms with E-state index in [9.17, 15) is 9.59 Å². The van der Waals surface area contributed by atoms with Crippen molar-refractivity contribution in [3.63, 3.8) is 0 Å². The van der Waals surface area contributed by atoms with Gasteiger partial charge in [-0.1, -0.05) is 0 Å². The second kappa shape index (κ2) is 8.12. The normalized spacial score (nSPS) is 14.6. The maximum atomic E-state index is 12.9. The zero-order chi connectivity index (χ0) is 20.4. The van der Waals surface area contributed by atoms with Crippen LogP contribution in [0.3, 0.4) is 0 Å². The molecule has 0 atom stereocenters. The van der Waals surface area contributed by atoms with Crippen molar-refractivity contribution in [2.75, 3.05) is 39.3 Å². The SMILES string of the molecule is CN(C)CCNC(=O)c1nc(C(=O)Nc2ccc3c(c2)OCO3)c2n1CCCC2. The van der Waals surface area contributed by atoms with Crippen molar-refractivity contribution < 1.29 is 19.1 Å². The molecule has 0 radical (unpaired) electrons. The van der Waals surface area contributed by atoms with Crippen molar-refractivity contribution in [1.29, 1.82) is 0 Å². The fourth-order valence-corrected chi connectivity index (χ4v) is 3.53. The van der Waals surface area contributed by atoms with Crippen LogP contribution in [0.1, 0.15) is 39.6 Å². The summed E-state index contributed by atoms with van der Waals surface area (Å²) in [5, 5.41) is 5.74. The highest BCUT2D eigenvalue weighted by Crippen LogP contribution is 2.34. The van der Waals surface area contributed by atoms with Crippen LogP contribution in [-0.4, -0.2) is 60.2 Å². The number of fused-ring (bicyclic) bond motifs is 2. The zero-order valence-corrected chi connectivity index (χ0v) is 16.7. The standard InChI is InChI=1S/C20H25N5O4/c1-24(2)10-8-21-20(27)18-23-17(14-5-3-4-9-25(14)18)19(26)22-13-6-7-15-16(11-13)29-12-28-15/h6-7,11H,3-5,8-10,12H2,1-2H3,(H,21,27)(H,22,26). The summed E-state index contributed by atoms with van der Waals surface area (Å²) in [7, 11) is 3.89. The molecule has 3 heterocycles. The fraction of sp³-hybridized carbons (Fsp3) is 0.450. The molecule has 0 spiro atoms. The third-order valence-corrected chi connectivity index (χ3v) is 5.01. The molecule has 0 saturated carbocycles. The number of imidazole rings is 1. The number of benzene rings is 1. The number of hydrogen-bond acceptors (Lipinski definition) is 6. The molecular formula is C20H25N5O4. The molecule has 4 rings (SSSR count). The first-order chi connectivity index (χ1) is 14.0. The van der Waals surface area contributed by atoms with E-state index in [1.165, 1.54) is 0 Å². The molecule has 0 saturated heterocycles. The second-order valence-electron chi connectivity index (χ2n) is 7.42. The topological polar surface area (TPSA) is 97.7 Å². The Bertz CT molecular complexity index is 937. The quantitative estimate of drug-likeness (QED) is 0.764. The van der Waals surface area contributed by atoms with Crippen LogP contribution in [0.15, 0.2) is 18.2 Å². The summed E-state index contributed by atoms with van der Waals surface area (Å²) in [6, 6.07) is 5.23. The first kappa shape index (κ1) is 19.3. The Morgan fingerprint density at radius 1 is 1.17 bits per heavy atom. The van der Waals surface area contributed by atoms with Crippen LogP contribution in [-0.2, 0) is 13.0 Å². The lowest BCUT2D eigenvalue weighted by Gasteiger charge is -2.17. The summed E-state index contributed by atoms with van der Waals surface area (Å²) >= 11 is 0. The van der Waals surface area contributed by atoms with Gasteiger partial charge < -0.3 is 29.6 Å². The van der Waals surface area contributed by atoms with Crippen molar-refractivity contribution in [1.82, 2.24) is 19.8 Å². The summed E-state index contributed by atoms with van der Waals surface area (Å²) < 4.78 is 12.5. The van der Waals surface area contributed by atoms with Crippen molar-refractivity contribution in [3.8, 4) is 11.5 Å². The predicted octanol–water partition coefficient (Wildman–Crippen LogP) is 1.49. The van der Waals surface area contributed by atoms with E-state index in [0.29, 0.717) is 41.8 Å². The highest BCUT2D eigenvalue weighted by molar-refractivity contribution is 6.05. The minimum atomic E-state index is -0.332. The van der Waals surface area contributed by atoms with Crippen LogP contribution in [0.5, 0.6) is 11.5 Å². The number of rotatable bonds is 6. The van der Waals surface area contributed by atoms with Crippen molar-refractivity contribution in [3.05, 3.63) is 35.4 Å². The van der Waals surface area contributed by atoms with Gasteiger partial charge in [0.05, 0.1) is 5.69 Å². The van der Waals surface area contributed by atoms with Gasteiger partial charge >= 0.3 is 0 Å². The molecule has 2 aliphatic heterocycles. The Morgan fingerprint density at radius 3 is 2.83 bits per heavy atom. The van der Waals surface area contributed by atoms with Crippen LogP contribution in [0.4, 0.5) is 5.69 Å². The summed E-state index contributed by atoms with van der Waals surface area (Å²) in [5.41, 5.74) is 1.71. The van der Waals surface area contributed by atoms with E-state index < -0.39 is 0 Å². The first-order valence-electron chi connectivity index (χ1n) is 9.76. The van der Waals surface area contributed by atoms with E-state index in [4.69, 9.17) is 9.47 Å². The number of nitrogens with one attached hydrogen (secondary N) is 2. The van der Waals surface area contributed by atoms with Gasteiger partial charge in [0, 0.05) is 31.4 Å². The number of carbonyl (C=O) groups is 2. The fourth-order valence-electron chi connectivity index (χ4n) is 3.53. The highest BCUT2D eigenvalue weighted by atomic mass is 16.7. The lowest BCUT2D eigenvalue weighted by atomic mass is 10.1. The van der Waals surface area contributed by atoms with E-state index >= 15 is 0 Å². The van der Waals surface area contributed by atoms with E-state index in [2.05, 4.69) is 15.6 Å². The highest BCUT2D eigenvalue weighted by Gasteiger charge is 2.27. The molecule has 2 aliphatic rings. The number of nitrogens with zero attached hydrogens (tertiary/aromatic N) is 3. The predicted molar refractivity (Wildman–Crippen MR) is 107 cm³/mol. The minimum Gasteiger partial charge on any atom is -0.454 e. The van der Waals surface area contributed by atoms with Crippen molar-refractivity contribution >= 4 is 17.5 Å². The van der Waals surface area contributed by atoms with E-state index in [1.54, 1.807) is 18.2 Å². The number of aromatic nitrogens is 2. The van der Waals surface area contributed by atoms with Gasteiger partial charge in [-0.25, -0.2) is 4.98 Å². The number of hydrogen-bond donors (Lipinski definition) is 2. The van der Waals surface area contributed by atoms with Gasteiger partial charge in [0.1, 0.15) is 0 Å². The number of ether oxygens (including phenoxy) is 2. The van der Waals surface area contributed by atoms with Gasteiger partial charge in [0.15, 0.2) is 23.0 Å². The lowest BCUT2D eigenvalue weighted by molar-refractivity contribution is 0.0935. The molecule has 9 nitrogen and oxygen atoms in total. The van der Waals surface area contributed by atoms with Crippen molar-refractivity contribution in [2.24, 2.45) is 0 Å². The van der Waals surface area contributed by atoms with Gasteiger partial charge in [-0.15, -0.1) is 0 Å². The van der Waals surface area contributed by atoms with Crippen molar-refractivity contribution in [2.45, 2.75) is 25.8 Å². The Morgan fingerprint density at radius 2 is 2.00 bits per heavy atom. The number of likely N-dealkylation sites (N-methyl/N-ethyl adjacent to an activating group) is 1. The monoisotopic (exact) mass is 399 g/mol. The molecule has 154 valence electrons. The molecule has 0 fully saturated rings. The van der Waals surface area contributed by atoms with Crippen LogP contribution in [0, 0.1) is 0 Å². The number of carbonyl (C=O) groups excluding carboxylic acids is 2. The third-order valence-electron chi connectivity index (χ3n) is 5.01. The Balaban J connectivity index is 1.54. The van der Waals surface area contributed by atoms with Gasteiger partial charge in [0.2, 0.25) is 6.79 Å². The minimum absolute atomic E-state index is 0.174. The largest absolute Gasteiger partial charge is 0.454 e. The summed E-state index contributed by atoms with van der Waals surface area (Å²) in [5.74, 6) is 0.961. The molecule has 2 amide bonds. The van der Waals surface area contributed by atoms with Crippen LogP contribution in [0.2, 0.25) is 0 Å². The van der Waals surface area contributed by atoms with E-state index in [1.807, 2.05) is 23.6 Å². The molecular weight excluding hydrogens is 374 g/mol. The molecule has 29 heavy (non-hydrogen) atoms.